The third-order valence-corrected chi connectivity index (χ3v) is 3.43. The SMILES string of the molecule is NCc1cc2ccccc2n(CC2CC2)c1=O. The molecule has 3 nitrogen and oxygen atoms in total. The number of hydrogen-bond acceptors (Lipinski definition) is 2. The Morgan fingerprint density at radius 1 is 1.29 bits per heavy atom. The van der Waals surface area contributed by atoms with Crippen molar-refractivity contribution in [1.29, 1.82) is 0 Å². The van der Waals surface area contributed by atoms with Crippen LogP contribution in [0.2, 0.25) is 0 Å². The van der Waals surface area contributed by atoms with E-state index in [4.69, 9.17) is 5.73 Å². The molecule has 1 aliphatic rings. The summed E-state index contributed by atoms with van der Waals surface area (Å²) in [5.74, 6) is 0.684. The van der Waals surface area contributed by atoms with Crippen molar-refractivity contribution in [1.82, 2.24) is 4.57 Å². The van der Waals surface area contributed by atoms with Crippen molar-refractivity contribution in [2.45, 2.75) is 25.9 Å². The van der Waals surface area contributed by atoms with E-state index in [1.54, 1.807) is 0 Å². The molecular formula is C14H16N2O. The second-order valence-electron chi connectivity index (χ2n) is 4.79. The molecule has 88 valence electrons. The van der Waals surface area contributed by atoms with Crippen molar-refractivity contribution in [2.75, 3.05) is 0 Å². The number of para-hydroxylation sites is 1. The summed E-state index contributed by atoms with van der Waals surface area (Å²) in [5.41, 5.74) is 7.47. The standard InChI is InChI=1S/C14H16N2O/c15-8-12-7-11-3-1-2-4-13(11)16(14(12)17)9-10-5-6-10/h1-4,7,10H,5-6,8-9,15H2. The number of nitrogens with two attached hydrogens (primary N) is 1. The third kappa shape index (κ3) is 1.87. The summed E-state index contributed by atoms with van der Waals surface area (Å²) in [5, 5.41) is 1.10. The molecule has 1 heterocycles. The fourth-order valence-electron chi connectivity index (χ4n) is 2.27. The molecule has 3 rings (SSSR count). The van der Waals surface area contributed by atoms with Crippen molar-refractivity contribution >= 4 is 10.9 Å². The fraction of sp³-hybridized carbons (Fsp3) is 0.357. The average Bonchev–Trinajstić information content (AvgIpc) is 3.16. The van der Waals surface area contributed by atoms with E-state index in [9.17, 15) is 4.79 Å². The van der Waals surface area contributed by atoms with Crippen LogP contribution in [0.4, 0.5) is 0 Å². The van der Waals surface area contributed by atoms with Crippen LogP contribution in [-0.4, -0.2) is 4.57 Å². The number of pyridine rings is 1. The first kappa shape index (κ1) is 10.5. The van der Waals surface area contributed by atoms with Gasteiger partial charge in [0.15, 0.2) is 0 Å². The molecule has 0 amide bonds. The van der Waals surface area contributed by atoms with Crippen LogP contribution in [0.15, 0.2) is 35.1 Å². The second-order valence-corrected chi connectivity index (χ2v) is 4.79. The highest BCUT2D eigenvalue weighted by atomic mass is 16.1. The number of fused-ring (bicyclic) bond motifs is 1. The van der Waals surface area contributed by atoms with Gasteiger partial charge >= 0.3 is 0 Å². The van der Waals surface area contributed by atoms with Gasteiger partial charge in [-0.05, 0) is 36.3 Å². The molecule has 1 saturated carbocycles. The summed E-state index contributed by atoms with van der Waals surface area (Å²) >= 11 is 0. The van der Waals surface area contributed by atoms with Crippen molar-refractivity contribution in [3.63, 3.8) is 0 Å². The molecule has 1 aromatic heterocycles. The zero-order chi connectivity index (χ0) is 11.8. The Kier molecular flexibility index (Phi) is 2.48. The molecule has 0 atom stereocenters. The van der Waals surface area contributed by atoms with E-state index in [2.05, 4.69) is 0 Å². The maximum atomic E-state index is 12.3. The van der Waals surface area contributed by atoms with Gasteiger partial charge in [-0.1, -0.05) is 18.2 Å². The average molecular weight is 228 g/mol. The van der Waals surface area contributed by atoms with Gasteiger partial charge in [-0.25, -0.2) is 0 Å². The first-order valence-electron chi connectivity index (χ1n) is 6.11. The summed E-state index contributed by atoms with van der Waals surface area (Å²) in [6.45, 7) is 1.15. The van der Waals surface area contributed by atoms with E-state index >= 15 is 0 Å². The Morgan fingerprint density at radius 2 is 2.06 bits per heavy atom. The highest BCUT2D eigenvalue weighted by Crippen LogP contribution is 2.31. The Bertz CT molecular complexity index is 611. The molecule has 0 radical (unpaired) electrons. The summed E-state index contributed by atoms with van der Waals surface area (Å²) in [6, 6.07) is 9.94. The predicted octanol–water partition coefficient (Wildman–Crippen LogP) is 1.87. The van der Waals surface area contributed by atoms with E-state index in [0.29, 0.717) is 18.0 Å². The van der Waals surface area contributed by atoms with Gasteiger partial charge in [0.05, 0.1) is 5.52 Å². The molecule has 0 saturated heterocycles. The van der Waals surface area contributed by atoms with Crippen LogP contribution in [0.3, 0.4) is 0 Å². The lowest BCUT2D eigenvalue weighted by atomic mass is 10.1. The zero-order valence-electron chi connectivity index (χ0n) is 9.73. The van der Waals surface area contributed by atoms with Crippen LogP contribution in [0, 0.1) is 5.92 Å². The topological polar surface area (TPSA) is 48.0 Å². The molecule has 0 spiro atoms. The van der Waals surface area contributed by atoms with Crippen molar-refractivity contribution < 1.29 is 0 Å². The van der Waals surface area contributed by atoms with Gasteiger partial charge in [0.25, 0.3) is 5.56 Å². The minimum atomic E-state index is 0.0816. The largest absolute Gasteiger partial charge is 0.326 e. The molecule has 1 aliphatic carbocycles. The summed E-state index contributed by atoms with van der Waals surface area (Å²) < 4.78 is 1.90. The number of hydrogen-bond donors (Lipinski definition) is 1. The molecule has 0 aliphatic heterocycles. The van der Waals surface area contributed by atoms with Gasteiger partial charge in [0, 0.05) is 18.7 Å². The van der Waals surface area contributed by atoms with E-state index in [1.165, 1.54) is 12.8 Å². The van der Waals surface area contributed by atoms with Crippen LogP contribution in [0.5, 0.6) is 0 Å². The zero-order valence-corrected chi connectivity index (χ0v) is 9.73. The van der Waals surface area contributed by atoms with Gasteiger partial charge in [0.2, 0.25) is 0 Å². The van der Waals surface area contributed by atoms with Crippen molar-refractivity contribution in [3.05, 3.63) is 46.2 Å². The van der Waals surface area contributed by atoms with Crippen LogP contribution < -0.4 is 11.3 Å². The lowest BCUT2D eigenvalue weighted by Gasteiger charge is -2.11. The van der Waals surface area contributed by atoms with Gasteiger partial charge in [-0.3, -0.25) is 4.79 Å². The molecule has 1 fully saturated rings. The number of benzene rings is 1. The molecule has 2 aromatic rings. The smallest absolute Gasteiger partial charge is 0.255 e. The number of aromatic nitrogens is 1. The van der Waals surface area contributed by atoms with E-state index in [0.717, 1.165) is 17.4 Å². The molecule has 17 heavy (non-hydrogen) atoms. The van der Waals surface area contributed by atoms with E-state index in [1.807, 2.05) is 34.9 Å². The predicted molar refractivity (Wildman–Crippen MR) is 68.8 cm³/mol. The third-order valence-electron chi connectivity index (χ3n) is 3.43. The van der Waals surface area contributed by atoms with Crippen LogP contribution in [0.1, 0.15) is 18.4 Å². The minimum absolute atomic E-state index is 0.0816. The summed E-state index contributed by atoms with van der Waals surface area (Å²) in [6.07, 6.45) is 2.49. The normalized spacial score (nSPS) is 15.4. The first-order chi connectivity index (χ1) is 8.29. The van der Waals surface area contributed by atoms with Crippen molar-refractivity contribution in [3.8, 4) is 0 Å². The Balaban J connectivity index is 2.25. The van der Waals surface area contributed by atoms with Crippen LogP contribution >= 0.6 is 0 Å². The Morgan fingerprint density at radius 3 is 2.76 bits per heavy atom. The number of rotatable bonds is 3. The lowest BCUT2D eigenvalue weighted by Crippen LogP contribution is -2.26. The highest BCUT2D eigenvalue weighted by molar-refractivity contribution is 5.79. The van der Waals surface area contributed by atoms with Crippen LogP contribution in [-0.2, 0) is 13.1 Å². The Labute approximate surface area is 99.9 Å². The first-order valence-corrected chi connectivity index (χ1v) is 6.11. The number of nitrogens with zero attached hydrogens (tertiary/aromatic N) is 1. The van der Waals surface area contributed by atoms with Gasteiger partial charge in [0.1, 0.15) is 0 Å². The quantitative estimate of drug-likeness (QED) is 0.871. The molecule has 0 unspecified atom stereocenters. The Hall–Kier alpha value is -1.61. The molecule has 1 aromatic carbocycles. The monoisotopic (exact) mass is 228 g/mol. The summed E-state index contributed by atoms with van der Waals surface area (Å²) in [4.78, 5) is 12.3. The molecule has 3 heteroatoms. The van der Waals surface area contributed by atoms with Gasteiger partial charge in [-0.15, -0.1) is 0 Å². The van der Waals surface area contributed by atoms with Gasteiger partial charge in [-0.2, -0.15) is 0 Å². The second kappa shape index (κ2) is 4.00. The molecule has 0 bridgehead atoms. The maximum Gasteiger partial charge on any atom is 0.255 e. The molecular weight excluding hydrogens is 212 g/mol. The van der Waals surface area contributed by atoms with Crippen molar-refractivity contribution in [2.24, 2.45) is 11.7 Å². The molecule has 2 N–H and O–H groups in total. The lowest BCUT2D eigenvalue weighted by molar-refractivity contribution is 0.622. The van der Waals surface area contributed by atoms with E-state index < -0.39 is 0 Å². The maximum absolute atomic E-state index is 12.3. The minimum Gasteiger partial charge on any atom is -0.326 e. The van der Waals surface area contributed by atoms with E-state index in [-0.39, 0.29) is 5.56 Å². The van der Waals surface area contributed by atoms with Gasteiger partial charge < -0.3 is 10.3 Å². The van der Waals surface area contributed by atoms with Crippen LogP contribution in [0.25, 0.3) is 10.9 Å². The fourth-order valence-corrected chi connectivity index (χ4v) is 2.27. The summed E-state index contributed by atoms with van der Waals surface area (Å²) in [7, 11) is 0. The highest BCUT2D eigenvalue weighted by Gasteiger charge is 2.23.